The highest BCUT2D eigenvalue weighted by atomic mass is 16.5. The predicted octanol–water partition coefficient (Wildman–Crippen LogP) is 1.32. The zero-order valence-corrected chi connectivity index (χ0v) is 11.2. The quantitative estimate of drug-likeness (QED) is 0.662. The lowest BCUT2D eigenvalue weighted by Gasteiger charge is -2.13. The maximum absolute atomic E-state index is 9.72. The van der Waals surface area contributed by atoms with E-state index in [0.29, 0.717) is 25.9 Å². The Bertz CT molecular complexity index is 322. The minimum Gasteiger partial charge on any atom is -0.467 e. The molecule has 2 atom stereocenters. The molecule has 0 saturated carbocycles. The van der Waals surface area contributed by atoms with Gasteiger partial charge in [0.1, 0.15) is 12.4 Å². The Morgan fingerprint density at radius 3 is 3.21 bits per heavy atom. The molecule has 1 aromatic heterocycles. The molecular formula is C14H23NO4. The van der Waals surface area contributed by atoms with Crippen LogP contribution in [0.25, 0.3) is 0 Å². The van der Waals surface area contributed by atoms with Crippen molar-refractivity contribution in [3.63, 3.8) is 0 Å². The number of hydrogen-bond acceptors (Lipinski definition) is 5. The van der Waals surface area contributed by atoms with Crippen LogP contribution >= 0.6 is 0 Å². The summed E-state index contributed by atoms with van der Waals surface area (Å²) in [6.07, 6.45) is 4.88. The molecule has 1 aliphatic heterocycles. The molecule has 1 aromatic rings. The summed E-state index contributed by atoms with van der Waals surface area (Å²) in [4.78, 5) is 0. The number of rotatable bonds is 9. The second kappa shape index (κ2) is 8.32. The molecule has 1 aliphatic rings. The zero-order valence-electron chi connectivity index (χ0n) is 11.2. The number of ether oxygens (including phenoxy) is 2. The van der Waals surface area contributed by atoms with Crippen molar-refractivity contribution in [3.05, 3.63) is 24.2 Å². The lowest BCUT2D eigenvalue weighted by atomic mass is 10.2. The zero-order chi connectivity index (χ0) is 13.3. The van der Waals surface area contributed by atoms with Gasteiger partial charge in [-0.3, -0.25) is 0 Å². The van der Waals surface area contributed by atoms with Gasteiger partial charge in [0, 0.05) is 13.2 Å². The number of furan rings is 1. The van der Waals surface area contributed by atoms with Gasteiger partial charge in [0.2, 0.25) is 0 Å². The van der Waals surface area contributed by atoms with Gasteiger partial charge in [-0.2, -0.15) is 0 Å². The van der Waals surface area contributed by atoms with Gasteiger partial charge < -0.3 is 24.3 Å². The van der Waals surface area contributed by atoms with Crippen LogP contribution in [-0.2, 0) is 16.1 Å². The predicted molar refractivity (Wildman–Crippen MR) is 70.8 cm³/mol. The molecule has 2 rings (SSSR count). The van der Waals surface area contributed by atoms with E-state index < -0.39 is 6.10 Å². The summed E-state index contributed by atoms with van der Waals surface area (Å²) in [5, 5.41) is 12.9. The van der Waals surface area contributed by atoms with Crippen molar-refractivity contribution < 1.29 is 19.0 Å². The van der Waals surface area contributed by atoms with Gasteiger partial charge in [-0.25, -0.2) is 0 Å². The molecule has 5 heteroatoms. The molecule has 0 radical (unpaired) electrons. The van der Waals surface area contributed by atoms with Crippen molar-refractivity contribution in [2.75, 3.05) is 26.3 Å². The second-order valence-corrected chi connectivity index (χ2v) is 4.88. The Morgan fingerprint density at radius 1 is 1.53 bits per heavy atom. The molecule has 108 valence electrons. The Balaban J connectivity index is 1.44. The molecule has 0 amide bonds. The van der Waals surface area contributed by atoms with Gasteiger partial charge in [-0.1, -0.05) is 0 Å². The topological polar surface area (TPSA) is 63.9 Å². The summed E-state index contributed by atoms with van der Waals surface area (Å²) in [6, 6.07) is 3.67. The summed E-state index contributed by atoms with van der Waals surface area (Å²) in [5.74, 6) is 0.776. The summed E-state index contributed by atoms with van der Waals surface area (Å²) >= 11 is 0. The molecule has 19 heavy (non-hydrogen) atoms. The maximum Gasteiger partial charge on any atom is 0.129 e. The molecule has 2 unspecified atom stereocenters. The fourth-order valence-electron chi connectivity index (χ4n) is 2.15. The van der Waals surface area contributed by atoms with Gasteiger partial charge >= 0.3 is 0 Å². The molecule has 1 saturated heterocycles. The van der Waals surface area contributed by atoms with Crippen molar-refractivity contribution in [2.45, 2.75) is 38.1 Å². The van der Waals surface area contributed by atoms with E-state index in [0.717, 1.165) is 31.8 Å². The summed E-state index contributed by atoms with van der Waals surface area (Å²) in [6.45, 7) is 3.03. The smallest absolute Gasteiger partial charge is 0.129 e. The van der Waals surface area contributed by atoms with Crippen LogP contribution in [0.2, 0.25) is 0 Å². The molecule has 5 nitrogen and oxygen atoms in total. The van der Waals surface area contributed by atoms with Crippen LogP contribution in [0, 0.1) is 0 Å². The summed E-state index contributed by atoms with van der Waals surface area (Å²) in [5.41, 5.74) is 0. The summed E-state index contributed by atoms with van der Waals surface area (Å²) < 4.78 is 16.0. The Labute approximate surface area is 113 Å². The fourth-order valence-corrected chi connectivity index (χ4v) is 2.15. The van der Waals surface area contributed by atoms with Crippen LogP contribution in [0.15, 0.2) is 22.8 Å². The normalized spacial score (nSPS) is 20.8. The standard InChI is InChI=1S/C14H23NO4/c16-12(10-17-11-14-4-2-8-19-14)9-15-6-5-13-3-1-7-18-13/h2,4,8,12-13,15-16H,1,3,5-7,9-11H2. The van der Waals surface area contributed by atoms with Crippen LogP contribution in [0.5, 0.6) is 0 Å². The van der Waals surface area contributed by atoms with E-state index in [9.17, 15) is 5.11 Å². The van der Waals surface area contributed by atoms with Crippen LogP contribution < -0.4 is 5.32 Å². The fraction of sp³-hybridized carbons (Fsp3) is 0.714. The lowest BCUT2D eigenvalue weighted by molar-refractivity contribution is 0.0221. The monoisotopic (exact) mass is 269 g/mol. The maximum atomic E-state index is 9.72. The van der Waals surface area contributed by atoms with Crippen LogP contribution in [-0.4, -0.2) is 43.6 Å². The average Bonchev–Trinajstić information content (AvgIpc) is 3.07. The van der Waals surface area contributed by atoms with Crippen molar-refractivity contribution in [1.29, 1.82) is 0 Å². The largest absolute Gasteiger partial charge is 0.467 e. The van der Waals surface area contributed by atoms with Gasteiger partial charge in [0.15, 0.2) is 0 Å². The highest BCUT2D eigenvalue weighted by Crippen LogP contribution is 2.14. The SMILES string of the molecule is OC(CNCCC1CCCO1)COCc1ccco1. The molecule has 1 fully saturated rings. The second-order valence-electron chi connectivity index (χ2n) is 4.88. The first-order valence-corrected chi connectivity index (χ1v) is 6.95. The van der Waals surface area contributed by atoms with E-state index in [1.807, 2.05) is 12.1 Å². The van der Waals surface area contributed by atoms with E-state index in [2.05, 4.69) is 5.32 Å². The molecule has 0 aromatic carbocycles. The highest BCUT2D eigenvalue weighted by molar-refractivity contribution is 4.96. The first-order valence-electron chi connectivity index (χ1n) is 6.95. The van der Waals surface area contributed by atoms with Crippen molar-refractivity contribution in [2.24, 2.45) is 0 Å². The molecule has 2 heterocycles. The van der Waals surface area contributed by atoms with E-state index >= 15 is 0 Å². The van der Waals surface area contributed by atoms with E-state index in [-0.39, 0.29) is 0 Å². The molecule has 0 aliphatic carbocycles. The molecular weight excluding hydrogens is 246 g/mol. The Hall–Kier alpha value is -0.880. The third-order valence-electron chi connectivity index (χ3n) is 3.18. The molecule has 0 bridgehead atoms. The van der Waals surface area contributed by atoms with Crippen molar-refractivity contribution in [1.82, 2.24) is 5.32 Å². The number of nitrogens with one attached hydrogen (secondary N) is 1. The van der Waals surface area contributed by atoms with Gasteiger partial charge in [-0.15, -0.1) is 0 Å². The lowest BCUT2D eigenvalue weighted by Crippen LogP contribution is -2.32. The first-order chi connectivity index (χ1) is 9.34. The first kappa shape index (κ1) is 14.5. The third-order valence-corrected chi connectivity index (χ3v) is 3.18. The molecule has 0 spiro atoms. The Morgan fingerprint density at radius 2 is 2.47 bits per heavy atom. The van der Waals surface area contributed by atoms with E-state index in [4.69, 9.17) is 13.9 Å². The Kier molecular flexibility index (Phi) is 6.36. The average molecular weight is 269 g/mol. The van der Waals surface area contributed by atoms with Crippen molar-refractivity contribution in [3.8, 4) is 0 Å². The molecule has 2 N–H and O–H groups in total. The van der Waals surface area contributed by atoms with Gasteiger partial charge in [0.05, 0.1) is 25.1 Å². The van der Waals surface area contributed by atoms with Gasteiger partial charge in [0.25, 0.3) is 0 Å². The van der Waals surface area contributed by atoms with Gasteiger partial charge in [-0.05, 0) is 37.9 Å². The highest BCUT2D eigenvalue weighted by Gasteiger charge is 2.14. The minimum atomic E-state index is -0.487. The van der Waals surface area contributed by atoms with Crippen molar-refractivity contribution >= 4 is 0 Å². The number of aliphatic hydroxyl groups excluding tert-OH is 1. The minimum absolute atomic E-state index is 0.313. The van der Waals surface area contributed by atoms with E-state index in [1.54, 1.807) is 6.26 Å². The third kappa shape index (κ3) is 5.74. The number of hydrogen-bond donors (Lipinski definition) is 2. The van der Waals surface area contributed by atoms with Crippen LogP contribution in [0.1, 0.15) is 25.0 Å². The van der Waals surface area contributed by atoms with E-state index in [1.165, 1.54) is 6.42 Å². The van der Waals surface area contributed by atoms with Crippen LogP contribution in [0.3, 0.4) is 0 Å². The number of aliphatic hydroxyl groups is 1. The van der Waals surface area contributed by atoms with Crippen LogP contribution in [0.4, 0.5) is 0 Å². The summed E-state index contributed by atoms with van der Waals surface area (Å²) in [7, 11) is 0.